The van der Waals surface area contributed by atoms with E-state index in [4.69, 9.17) is 0 Å². The molecule has 0 bridgehead atoms. The molecule has 76 valence electrons. The van der Waals surface area contributed by atoms with E-state index < -0.39 is 0 Å². The van der Waals surface area contributed by atoms with Gasteiger partial charge in [-0.3, -0.25) is 0 Å². The molecule has 1 atom stereocenters. The molecule has 0 aliphatic rings. The van der Waals surface area contributed by atoms with Crippen molar-refractivity contribution in [3.05, 3.63) is 47.3 Å². The molecule has 0 aliphatic carbocycles. The molecule has 0 nitrogen and oxygen atoms in total. The Bertz CT molecular complexity index is 311. The minimum atomic E-state index is 0.0151. The van der Waals surface area contributed by atoms with Crippen molar-refractivity contribution in [2.75, 3.05) is 0 Å². The molecule has 0 aliphatic heterocycles. The zero-order valence-electron chi connectivity index (χ0n) is 9.05. The predicted octanol–water partition coefficient (Wildman–Crippen LogP) is 4.44. The van der Waals surface area contributed by atoms with Gasteiger partial charge in [-0.1, -0.05) is 44.2 Å². The van der Waals surface area contributed by atoms with E-state index in [9.17, 15) is 4.39 Å². The maximum Gasteiger partial charge on any atom is 0.0992 e. The molecule has 0 aromatic heterocycles. The van der Waals surface area contributed by atoms with Crippen LogP contribution in [0.25, 0.3) is 0 Å². The van der Waals surface area contributed by atoms with E-state index >= 15 is 0 Å². The Kier molecular flexibility index (Phi) is 3.87. The van der Waals surface area contributed by atoms with Gasteiger partial charge in [-0.05, 0) is 24.5 Å². The fraction of sp³-hybridized carbons (Fsp3) is 0.385. The number of allylic oxidation sites excluding steroid dienone is 2. The van der Waals surface area contributed by atoms with E-state index in [0.717, 1.165) is 5.57 Å². The van der Waals surface area contributed by atoms with Gasteiger partial charge in [-0.2, -0.15) is 0 Å². The van der Waals surface area contributed by atoms with Gasteiger partial charge in [0.05, 0.1) is 5.83 Å². The quantitative estimate of drug-likeness (QED) is 0.664. The summed E-state index contributed by atoms with van der Waals surface area (Å²) in [5.41, 5.74) is 2.02. The molecule has 0 saturated heterocycles. The van der Waals surface area contributed by atoms with Crippen LogP contribution < -0.4 is 0 Å². The molecular weight excluding hydrogens is 175 g/mol. The highest BCUT2D eigenvalue weighted by atomic mass is 19.1. The Morgan fingerprint density at radius 3 is 2.36 bits per heavy atom. The smallest absolute Gasteiger partial charge is 0.0992 e. The number of rotatable bonds is 3. The van der Waals surface area contributed by atoms with Crippen LogP contribution in [0.4, 0.5) is 4.39 Å². The average Bonchev–Trinajstić information content (AvgIpc) is 2.27. The third-order valence-electron chi connectivity index (χ3n) is 2.69. The molecule has 1 aromatic carbocycles. The predicted molar refractivity (Wildman–Crippen MR) is 59.0 cm³/mol. The molecule has 1 rings (SSSR count). The molecule has 0 fully saturated rings. The first-order chi connectivity index (χ1) is 6.66. The summed E-state index contributed by atoms with van der Waals surface area (Å²) in [5, 5.41) is 0. The lowest BCUT2D eigenvalue weighted by molar-refractivity contribution is 0.578. The first-order valence-corrected chi connectivity index (χ1v) is 5.07. The summed E-state index contributed by atoms with van der Waals surface area (Å²) in [4.78, 5) is 0. The van der Waals surface area contributed by atoms with E-state index in [0.29, 0.717) is 6.42 Å². The van der Waals surface area contributed by atoms with Gasteiger partial charge in [0.2, 0.25) is 0 Å². The Hall–Kier alpha value is -1.11. The number of benzene rings is 1. The van der Waals surface area contributed by atoms with Crippen LogP contribution >= 0.6 is 0 Å². The second-order valence-corrected chi connectivity index (χ2v) is 3.57. The van der Waals surface area contributed by atoms with Gasteiger partial charge >= 0.3 is 0 Å². The first kappa shape index (κ1) is 11.0. The molecule has 0 saturated carbocycles. The van der Waals surface area contributed by atoms with Crippen molar-refractivity contribution in [1.29, 1.82) is 0 Å². The Morgan fingerprint density at radius 1 is 1.29 bits per heavy atom. The number of hydrogen-bond acceptors (Lipinski definition) is 0. The monoisotopic (exact) mass is 192 g/mol. The topological polar surface area (TPSA) is 0 Å². The largest absolute Gasteiger partial charge is 0.212 e. The molecule has 0 radical (unpaired) electrons. The summed E-state index contributed by atoms with van der Waals surface area (Å²) in [7, 11) is 0. The lowest BCUT2D eigenvalue weighted by Gasteiger charge is -2.13. The van der Waals surface area contributed by atoms with E-state index in [1.165, 1.54) is 5.56 Å². The highest BCUT2D eigenvalue weighted by Crippen LogP contribution is 2.27. The van der Waals surface area contributed by atoms with Gasteiger partial charge in [0.15, 0.2) is 0 Å². The van der Waals surface area contributed by atoms with Crippen LogP contribution in [0.5, 0.6) is 0 Å². The molecule has 0 spiro atoms. The lowest BCUT2D eigenvalue weighted by Crippen LogP contribution is -1.96. The van der Waals surface area contributed by atoms with Gasteiger partial charge in [0.1, 0.15) is 0 Å². The molecule has 0 amide bonds. The third kappa shape index (κ3) is 2.44. The van der Waals surface area contributed by atoms with Gasteiger partial charge in [0.25, 0.3) is 0 Å². The van der Waals surface area contributed by atoms with Gasteiger partial charge in [-0.25, -0.2) is 4.39 Å². The van der Waals surface area contributed by atoms with Crippen LogP contribution in [0.15, 0.2) is 41.7 Å². The van der Waals surface area contributed by atoms with E-state index in [2.05, 4.69) is 0 Å². The van der Waals surface area contributed by atoms with Crippen LogP contribution in [-0.2, 0) is 0 Å². The summed E-state index contributed by atoms with van der Waals surface area (Å²) in [6.07, 6.45) is 0.489. The van der Waals surface area contributed by atoms with E-state index in [1.54, 1.807) is 0 Å². The summed E-state index contributed by atoms with van der Waals surface area (Å²) in [6.45, 7) is 5.76. The fourth-order valence-corrected chi connectivity index (χ4v) is 1.51. The molecule has 0 heterocycles. The van der Waals surface area contributed by atoms with Gasteiger partial charge in [-0.15, -0.1) is 0 Å². The van der Waals surface area contributed by atoms with Crippen LogP contribution in [-0.4, -0.2) is 0 Å². The van der Waals surface area contributed by atoms with Crippen molar-refractivity contribution in [3.63, 3.8) is 0 Å². The second kappa shape index (κ2) is 4.94. The van der Waals surface area contributed by atoms with Crippen LogP contribution in [0, 0.1) is 0 Å². The normalized spacial score (nSPS) is 14.9. The molecule has 14 heavy (non-hydrogen) atoms. The zero-order valence-corrected chi connectivity index (χ0v) is 9.05. The Labute approximate surface area is 85.5 Å². The van der Waals surface area contributed by atoms with Crippen molar-refractivity contribution in [2.24, 2.45) is 0 Å². The summed E-state index contributed by atoms with van der Waals surface area (Å²) in [6, 6.07) is 10.0. The van der Waals surface area contributed by atoms with Crippen molar-refractivity contribution < 1.29 is 4.39 Å². The van der Waals surface area contributed by atoms with E-state index in [1.807, 2.05) is 51.1 Å². The molecule has 1 unspecified atom stereocenters. The van der Waals surface area contributed by atoms with Crippen molar-refractivity contribution in [2.45, 2.75) is 33.1 Å². The lowest BCUT2D eigenvalue weighted by atomic mass is 9.93. The van der Waals surface area contributed by atoms with Crippen molar-refractivity contribution in [3.8, 4) is 0 Å². The van der Waals surface area contributed by atoms with Crippen molar-refractivity contribution in [1.82, 2.24) is 0 Å². The van der Waals surface area contributed by atoms with Crippen LogP contribution in [0.3, 0.4) is 0 Å². The van der Waals surface area contributed by atoms with E-state index in [-0.39, 0.29) is 11.7 Å². The molecular formula is C13H17F. The summed E-state index contributed by atoms with van der Waals surface area (Å²) < 4.78 is 13.3. The number of halogens is 1. The maximum atomic E-state index is 13.3. The van der Waals surface area contributed by atoms with Crippen LogP contribution in [0.1, 0.15) is 38.7 Å². The van der Waals surface area contributed by atoms with Crippen LogP contribution in [0.2, 0.25) is 0 Å². The van der Waals surface area contributed by atoms with Gasteiger partial charge in [0, 0.05) is 5.92 Å². The number of hydrogen-bond donors (Lipinski definition) is 0. The maximum absolute atomic E-state index is 13.3. The minimum absolute atomic E-state index is 0.0151. The summed E-state index contributed by atoms with van der Waals surface area (Å²) in [5.74, 6) is 0.192. The zero-order chi connectivity index (χ0) is 10.6. The first-order valence-electron chi connectivity index (χ1n) is 5.07. The minimum Gasteiger partial charge on any atom is -0.212 e. The van der Waals surface area contributed by atoms with Gasteiger partial charge < -0.3 is 0 Å². The summed E-state index contributed by atoms with van der Waals surface area (Å²) >= 11 is 0. The standard InChI is InChI=1S/C13H17F/c1-4-13(14)11(3)10(2)12-8-6-5-7-9-12/h5-10H,4H2,1-3H3/b13-11+. The second-order valence-electron chi connectivity index (χ2n) is 3.57. The fourth-order valence-electron chi connectivity index (χ4n) is 1.51. The SMILES string of the molecule is CC/C(F)=C(/C)C(C)c1ccccc1. The highest BCUT2D eigenvalue weighted by Gasteiger charge is 2.10. The highest BCUT2D eigenvalue weighted by molar-refractivity contribution is 5.28. The molecule has 0 N–H and O–H groups in total. The third-order valence-corrected chi connectivity index (χ3v) is 2.69. The Morgan fingerprint density at radius 2 is 1.86 bits per heavy atom. The molecule has 1 heteroatoms. The Balaban J connectivity index is 2.91. The average molecular weight is 192 g/mol. The molecule has 1 aromatic rings. The van der Waals surface area contributed by atoms with Crippen molar-refractivity contribution >= 4 is 0 Å².